The number of amides is 3. The Morgan fingerprint density at radius 2 is 1.61 bits per heavy atom. The van der Waals surface area contributed by atoms with E-state index >= 15 is 0 Å². The minimum absolute atomic E-state index is 0.143. The molecule has 2 aromatic carbocycles. The third-order valence-corrected chi connectivity index (χ3v) is 6.45. The lowest BCUT2D eigenvalue weighted by Gasteiger charge is -2.30. The van der Waals surface area contributed by atoms with Gasteiger partial charge in [0.05, 0.1) is 12.2 Å². The van der Waals surface area contributed by atoms with E-state index in [0.717, 1.165) is 35.1 Å². The molecule has 0 bridgehead atoms. The third-order valence-electron chi connectivity index (χ3n) is 6.45. The number of benzene rings is 2. The van der Waals surface area contributed by atoms with E-state index in [4.69, 9.17) is 0 Å². The first-order chi connectivity index (χ1) is 16.1. The molecular formula is C26H26N4O3. The van der Waals surface area contributed by atoms with Gasteiger partial charge < -0.3 is 10.2 Å². The quantitative estimate of drug-likeness (QED) is 0.601. The van der Waals surface area contributed by atoms with Gasteiger partial charge in [-0.15, -0.1) is 0 Å². The predicted molar refractivity (Wildman–Crippen MR) is 127 cm³/mol. The number of pyridine rings is 1. The van der Waals surface area contributed by atoms with E-state index < -0.39 is 0 Å². The lowest BCUT2D eigenvalue weighted by molar-refractivity contribution is -0.139. The molecule has 0 aliphatic carbocycles. The summed E-state index contributed by atoms with van der Waals surface area (Å²) in [6, 6.07) is 13.0. The zero-order valence-electron chi connectivity index (χ0n) is 18.4. The van der Waals surface area contributed by atoms with Crippen LogP contribution in [0, 0.1) is 0 Å². The molecule has 3 aromatic rings. The zero-order valence-corrected chi connectivity index (χ0v) is 18.4. The van der Waals surface area contributed by atoms with Crippen LogP contribution in [-0.4, -0.2) is 40.7 Å². The van der Waals surface area contributed by atoms with Gasteiger partial charge in [0.1, 0.15) is 0 Å². The van der Waals surface area contributed by atoms with Crippen molar-refractivity contribution in [1.82, 2.24) is 9.88 Å². The maximum atomic E-state index is 12.9. The minimum Gasteiger partial charge on any atom is -0.371 e. The van der Waals surface area contributed by atoms with Gasteiger partial charge in [-0.1, -0.05) is 12.1 Å². The highest BCUT2D eigenvalue weighted by molar-refractivity contribution is 6.11. The zero-order chi connectivity index (χ0) is 22.8. The summed E-state index contributed by atoms with van der Waals surface area (Å²) in [6.07, 6.45) is 7.80. The normalized spacial score (nSPS) is 16.5. The molecule has 33 heavy (non-hydrogen) atoms. The van der Waals surface area contributed by atoms with Crippen LogP contribution in [0.5, 0.6) is 0 Å². The second-order valence-electron chi connectivity index (χ2n) is 8.63. The van der Waals surface area contributed by atoms with Crippen molar-refractivity contribution in [2.24, 2.45) is 0 Å². The first kappa shape index (κ1) is 21.1. The summed E-state index contributed by atoms with van der Waals surface area (Å²) in [5.41, 5.74) is 3.23. The Bertz CT molecular complexity index is 1200. The highest BCUT2D eigenvalue weighted by Crippen LogP contribution is 2.33. The topological polar surface area (TPSA) is 82.6 Å². The molecule has 0 atom stereocenters. The molecule has 0 unspecified atom stereocenters. The van der Waals surface area contributed by atoms with E-state index in [-0.39, 0.29) is 37.1 Å². The van der Waals surface area contributed by atoms with Crippen LogP contribution in [0.25, 0.3) is 10.8 Å². The molecule has 3 amide bonds. The molecule has 7 heteroatoms. The molecule has 2 saturated heterocycles. The van der Waals surface area contributed by atoms with Gasteiger partial charge in [-0.3, -0.25) is 24.3 Å². The van der Waals surface area contributed by atoms with Gasteiger partial charge in [0, 0.05) is 60.3 Å². The number of nitrogens with one attached hydrogen (secondary N) is 1. The number of rotatable bonds is 5. The SMILES string of the molecule is O=C(Nc1ccc(N2CCCCC2)c2ccncc12)c1ccc(CN2C(=O)CCC2=O)cc1. The van der Waals surface area contributed by atoms with Crippen molar-refractivity contribution in [3.63, 3.8) is 0 Å². The van der Waals surface area contributed by atoms with E-state index in [1.807, 2.05) is 12.1 Å². The molecule has 0 spiro atoms. The lowest BCUT2D eigenvalue weighted by atomic mass is 10.0. The number of aromatic nitrogens is 1. The molecule has 2 aliphatic rings. The second kappa shape index (κ2) is 9.02. The largest absolute Gasteiger partial charge is 0.371 e. The van der Waals surface area contributed by atoms with Crippen molar-refractivity contribution >= 4 is 39.9 Å². The molecule has 7 nitrogen and oxygen atoms in total. The van der Waals surface area contributed by atoms with Crippen molar-refractivity contribution in [3.05, 3.63) is 66.0 Å². The predicted octanol–water partition coefficient (Wildman–Crippen LogP) is 4.13. The van der Waals surface area contributed by atoms with Crippen LogP contribution in [0.4, 0.5) is 11.4 Å². The Hall–Kier alpha value is -3.74. The third kappa shape index (κ3) is 4.31. The Morgan fingerprint density at radius 3 is 2.33 bits per heavy atom. The van der Waals surface area contributed by atoms with Crippen LogP contribution in [0.3, 0.4) is 0 Å². The fourth-order valence-electron chi connectivity index (χ4n) is 4.63. The number of hydrogen-bond donors (Lipinski definition) is 1. The van der Waals surface area contributed by atoms with Crippen LogP contribution in [0.2, 0.25) is 0 Å². The molecule has 5 rings (SSSR count). The molecule has 0 radical (unpaired) electrons. The highest BCUT2D eigenvalue weighted by atomic mass is 16.2. The average molecular weight is 443 g/mol. The van der Waals surface area contributed by atoms with Crippen molar-refractivity contribution in [1.29, 1.82) is 0 Å². The monoisotopic (exact) mass is 442 g/mol. The smallest absolute Gasteiger partial charge is 0.255 e. The molecule has 0 saturated carbocycles. The summed E-state index contributed by atoms with van der Waals surface area (Å²) in [4.78, 5) is 44.6. The average Bonchev–Trinajstić information content (AvgIpc) is 3.17. The Morgan fingerprint density at radius 1 is 0.879 bits per heavy atom. The summed E-state index contributed by atoms with van der Waals surface area (Å²) in [7, 11) is 0. The van der Waals surface area contributed by atoms with Crippen molar-refractivity contribution in [2.75, 3.05) is 23.3 Å². The Balaban J connectivity index is 1.34. The fourth-order valence-corrected chi connectivity index (χ4v) is 4.63. The molecule has 3 heterocycles. The standard InChI is InChI=1S/C26H26N4O3/c31-24-10-11-25(32)30(24)17-18-4-6-19(7-5-18)26(33)28-22-8-9-23(29-14-2-1-3-15-29)20-12-13-27-16-21(20)22/h4-9,12-13,16H,1-3,10-11,14-15,17H2,(H,28,33). The number of carbonyl (C=O) groups excluding carboxylic acids is 3. The van der Waals surface area contributed by atoms with Gasteiger partial charge in [-0.05, 0) is 55.2 Å². The summed E-state index contributed by atoms with van der Waals surface area (Å²) >= 11 is 0. The molecule has 168 valence electrons. The maximum Gasteiger partial charge on any atom is 0.255 e. The van der Waals surface area contributed by atoms with Crippen LogP contribution in [0.15, 0.2) is 54.9 Å². The number of fused-ring (bicyclic) bond motifs is 1. The lowest BCUT2D eigenvalue weighted by Crippen LogP contribution is -2.29. The summed E-state index contributed by atoms with van der Waals surface area (Å²) in [5, 5.41) is 5.02. The Labute approximate surface area is 192 Å². The van der Waals surface area contributed by atoms with Gasteiger partial charge in [-0.25, -0.2) is 0 Å². The van der Waals surface area contributed by atoms with E-state index in [2.05, 4.69) is 21.3 Å². The number of carbonyl (C=O) groups is 3. The number of nitrogens with zero attached hydrogens (tertiary/aromatic N) is 3. The van der Waals surface area contributed by atoms with E-state index in [1.165, 1.54) is 29.8 Å². The van der Waals surface area contributed by atoms with Gasteiger partial charge in [-0.2, -0.15) is 0 Å². The van der Waals surface area contributed by atoms with E-state index in [0.29, 0.717) is 5.56 Å². The first-order valence-corrected chi connectivity index (χ1v) is 11.5. The van der Waals surface area contributed by atoms with E-state index in [1.54, 1.807) is 36.7 Å². The number of piperidine rings is 1. The minimum atomic E-state index is -0.217. The number of hydrogen-bond acceptors (Lipinski definition) is 5. The van der Waals surface area contributed by atoms with Crippen molar-refractivity contribution in [2.45, 2.75) is 38.6 Å². The number of imide groups is 1. The van der Waals surface area contributed by atoms with Gasteiger partial charge >= 0.3 is 0 Å². The van der Waals surface area contributed by atoms with Gasteiger partial charge in [0.25, 0.3) is 5.91 Å². The first-order valence-electron chi connectivity index (χ1n) is 11.5. The van der Waals surface area contributed by atoms with Crippen molar-refractivity contribution < 1.29 is 14.4 Å². The van der Waals surface area contributed by atoms with Crippen molar-refractivity contribution in [3.8, 4) is 0 Å². The number of anilines is 2. The second-order valence-corrected chi connectivity index (χ2v) is 8.63. The maximum absolute atomic E-state index is 12.9. The summed E-state index contributed by atoms with van der Waals surface area (Å²) in [5.74, 6) is -0.503. The highest BCUT2D eigenvalue weighted by Gasteiger charge is 2.28. The summed E-state index contributed by atoms with van der Waals surface area (Å²) < 4.78 is 0. The van der Waals surface area contributed by atoms with Crippen LogP contribution < -0.4 is 10.2 Å². The molecule has 1 N–H and O–H groups in total. The molecule has 2 fully saturated rings. The number of likely N-dealkylation sites (tertiary alicyclic amines) is 1. The Kier molecular flexibility index (Phi) is 5.77. The fraction of sp³-hybridized carbons (Fsp3) is 0.308. The van der Waals surface area contributed by atoms with Crippen LogP contribution in [-0.2, 0) is 16.1 Å². The van der Waals surface area contributed by atoms with E-state index in [9.17, 15) is 14.4 Å². The van der Waals surface area contributed by atoms with Crippen LogP contribution in [0.1, 0.15) is 48.0 Å². The molecule has 1 aromatic heterocycles. The van der Waals surface area contributed by atoms with Crippen LogP contribution >= 0.6 is 0 Å². The summed E-state index contributed by atoms with van der Waals surface area (Å²) in [6.45, 7) is 2.34. The van der Waals surface area contributed by atoms with Gasteiger partial charge in [0.15, 0.2) is 0 Å². The van der Waals surface area contributed by atoms with Gasteiger partial charge in [0.2, 0.25) is 11.8 Å². The molecule has 2 aliphatic heterocycles. The molecular weight excluding hydrogens is 416 g/mol.